The van der Waals surface area contributed by atoms with Gasteiger partial charge in [-0.2, -0.15) is 5.43 Å². The number of methoxy groups -OCH3 is 1. The van der Waals surface area contributed by atoms with Gasteiger partial charge < -0.3 is 44.1 Å². The Bertz CT molecular complexity index is 2440. The quantitative estimate of drug-likeness (QED) is 0.194. The average Bonchev–Trinajstić information content (AvgIpc) is 3.88. The van der Waals surface area contributed by atoms with Crippen molar-refractivity contribution < 1.29 is 33.8 Å². The number of carbonyl (C=O) groups is 4. The average molecular weight is 929 g/mol. The van der Waals surface area contributed by atoms with Crippen LogP contribution in [0.3, 0.4) is 0 Å². The number of cyclic esters (lactones) is 1. The zero-order valence-corrected chi connectivity index (χ0v) is 41.3. The number of esters is 1. The number of hydrogen-bond acceptors (Lipinski definition) is 13. The number of aliphatic hydroxyl groups is 1. The lowest BCUT2D eigenvalue weighted by Gasteiger charge is -2.40. The maximum atomic E-state index is 14.5. The molecule has 3 aliphatic rings. The number of aryl methyl sites for hydroxylation is 1. The summed E-state index contributed by atoms with van der Waals surface area (Å²) in [5, 5.41) is 19.6. The molecular weight excluding hydrogens is 861 g/mol. The molecule has 7 rings (SSSR count). The first-order valence-corrected chi connectivity index (χ1v) is 23.9. The number of hydrazine groups is 1. The van der Waals surface area contributed by atoms with Gasteiger partial charge in [-0.1, -0.05) is 33.8 Å². The number of thiazole rings is 1. The number of nitrogens with zero attached hydrogens (tertiary/aromatic N) is 8. The smallest absolute Gasteiger partial charge is 0.355 e. The third kappa shape index (κ3) is 9.93. The predicted octanol–water partition coefficient (Wildman–Crippen LogP) is 4.91. The molecule has 6 heterocycles. The number of ether oxygens (including phenoxy) is 2. The Morgan fingerprint density at radius 3 is 2.48 bits per heavy atom. The van der Waals surface area contributed by atoms with Crippen molar-refractivity contribution in [2.24, 2.45) is 11.3 Å². The van der Waals surface area contributed by atoms with Gasteiger partial charge in [0.15, 0.2) is 0 Å². The van der Waals surface area contributed by atoms with Crippen LogP contribution in [0.2, 0.25) is 0 Å². The molecule has 6 bridgehead atoms. The van der Waals surface area contributed by atoms with E-state index in [2.05, 4.69) is 63.3 Å². The van der Waals surface area contributed by atoms with Gasteiger partial charge in [-0.3, -0.25) is 19.6 Å². The molecule has 66 heavy (non-hydrogen) atoms. The van der Waals surface area contributed by atoms with E-state index in [-0.39, 0.29) is 50.5 Å². The van der Waals surface area contributed by atoms with Gasteiger partial charge >= 0.3 is 12.0 Å². The molecule has 2 fully saturated rings. The largest absolute Gasteiger partial charge is 0.462 e. The molecule has 0 aliphatic carbocycles. The first-order valence-electron chi connectivity index (χ1n) is 23.1. The molecule has 3 aromatic heterocycles. The van der Waals surface area contributed by atoms with Crippen molar-refractivity contribution in [1.29, 1.82) is 0 Å². The van der Waals surface area contributed by atoms with E-state index in [0.717, 1.165) is 76.5 Å². The van der Waals surface area contributed by atoms with Crippen LogP contribution in [0.1, 0.15) is 76.8 Å². The summed E-state index contributed by atoms with van der Waals surface area (Å²) in [6, 6.07) is 6.17. The zero-order valence-electron chi connectivity index (χ0n) is 40.4. The molecule has 3 N–H and O–H groups in total. The number of benzene rings is 1. The van der Waals surface area contributed by atoms with Crippen LogP contribution < -0.4 is 15.6 Å². The number of anilines is 1. The Kier molecular flexibility index (Phi) is 14.5. The van der Waals surface area contributed by atoms with Gasteiger partial charge in [0, 0.05) is 113 Å². The number of likely N-dealkylation sites (N-methyl/N-ethyl adjacent to an activating group) is 2. The van der Waals surface area contributed by atoms with Crippen LogP contribution in [-0.2, 0) is 43.2 Å². The maximum absolute atomic E-state index is 14.5. The highest BCUT2D eigenvalue weighted by Gasteiger charge is 2.45. The number of carbonyl (C=O) groups excluding carboxylic acids is 4. The molecule has 1 aromatic carbocycles. The standard InChI is InChI=1S/C48H68N10O7S/c1-12-57-38-15-14-31-22-33(38)35(42(57)34-23-32(26-49-40(34)30(4)64-11)56-20-18-54(9)19-21-56)25-47(5,6)28-65-45(61)48(63)16-13-17-58(52-48)44(60)36(24-39-50-37(31)27-66-39)51-43(59)41(29(2)3)55(10)46(62)53(7)8/h14-15,22-23,26-27,29-30,36,41,52,63H,12-13,16-21,24-25,28H2,1-11H3,(H,51,59)/t30-,36-,41-,48-/m0/s1. The van der Waals surface area contributed by atoms with Gasteiger partial charge in [0.1, 0.15) is 12.1 Å². The first kappa shape index (κ1) is 48.8. The first-order chi connectivity index (χ1) is 31.2. The van der Waals surface area contributed by atoms with Crippen LogP contribution in [0, 0.1) is 11.3 Å². The van der Waals surface area contributed by atoms with Gasteiger partial charge in [0.25, 0.3) is 5.91 Å². The molecule has 17 nitrogen and oxygen atoms in total. The number of piperazine rings is 1. The summed E-state index contributed by atoms with van der Waals surface area (Å²) < 4.78 is 14.3. The van der Waals surface area contributed by atoms with Crippen LogP contribution in [0.5, 0.6) is 0 Å². The van der Waals surface area contributed by atoms with E-state index in [9.17, 15) is 24.3 Å². The van der Waals surface area contributed by atoms with Crippen molar-refractivity contribution >= 4 is 51.7 Å². The molecule has 0 spiro atoms. The molecule has 3 aliphatic heterocycles. The van der Waals surface area contributed by atoms with E-state index in [0.29, 0.717) is 18.0 Å². The Hall–Kier alpha value is -5.14. The summed E-state index contributed by atoms with van der Waals surface area (Å²) in [4.78, 5) is 73.5. The van der Waals surface area contributed by atoms with E-state index in [1.807, 2.05) is 46.2 Å². The summed E-state index contributed by atoms with van der Waals surface area (Å²) in [7, 11) is 8.62. The topological polar surface area (TPSA) is 178 Å². The number of amides is 4. The summed E-state index contributed by atoms with van der Waals surface area (Å²) in [5.74, 6) is -2.28. The lowest BCUT2D eigenvalue weighted by Crippen LogP contribution is -2.67. The van der Waals surface area contributed by atoms with E-state index < -0.39 is 41.0 Å². The third-order valence-electron chi connectivity index (χ3n) is 13.2. The van der Waals surface area contributed by atoms with Crippen molar-refractivity contribution in [3.63, 3.8) is 0 Å². The van der Waals surface area contributed by atoms with Crippen molar-refractivity contribution in [3.8, 4) is 22.5 Å². The fourth-order valence-electron chi connectivity index (χ4n) is 9.49. The minimum atomic E-state index is -2.21. The molecule has 4 atom stereocenters. The third-order valence-corrected chi connectivity index (χ3v) is 14.1. The van der Waals surface area contributed by atoms with Gasteiger partial charge in [-0.05, 0) is 63.4 Å². The second-order valence-corrected chi connectivity index (χ2v) is 20.4. The van der Waals surface area contributed by atoms with Crippen LogP contribution in [0.25, 0.3) is 33.4 Å². The molecule has 4 aromatic rings. The maximum Gasteiger partial charge on any atom is 0.355 e. The second kappa shape index (κ2) is 19.6. The second-order valence-electron chi connectivity index (χ2n) is 19.4. The Morgan fingerprint density at radius 2 is 1.82 bits per heavy atom. The van der Waals surface area contributed by atoms with E-state index >= 15 is 0 Å². The molecule has 0 radical (unpaired) electrons. The highest BCUT2D eigenvalue weighted by atomic mass is 32.1. The fourth-order valence-corrected chi connectivity index (χ4v) is 10.3. The van der Waals surface area contributed by atoms with Crippen LogP contribution in [0.15, 0.2) is 35.8 Å². The predicted molar refractivity (Wildman–Crippen MR) is 256 cm³/mol. The van der Waals surface area contributed by atoms with Crippen LogP contribution in [0.4, 0.5) is 10.5 Å². The number of urea groups is 1. The van der Waals surface area contributed by atoms with E-state index in [4.69, 9.17) is 19.4 Å². The molecule has 18 heteroatoms. The number of hydrogen-bond donors (Lipinski definition) is 3. The molecule has 0 unspecified atom stereocenters. The molecule has 4 amide bonds. The molecule has 358 valence electrons. The number of aromatic nitrogens is 3. The molecule has 0 saturated carbocycles. The zero-order chi connectivity index (χ0) is 47.8. The van der Waals surface area contributed by atoms with Gasteiger partial charge in [-0.15, -0.1) is 11.3 Å². The summed E-state index contributed by atoms with van der Waals surface area (Å²) in [6.07, 6.45) is 2.45. The minimum Gasteiger partial charge on any atom is -0.462 e. The Balaban J connectivity index is 1.37. The Morgan fingerprint density at radius 1 is 1.09 bits per heavy atom. The van der Waals surface area contributed by atoms with Crippen LogP contribution >= 0.6 is 11.3 Å². The number of rotatable bonds is 9. The minimum absolute atomic E-state index is 0.00376. The van der Waals surface area contributed by atoms with E-state index in [1.54, 1.807) is 28.3 Å². The van der Waals surface area contributed by atoms with E-state index in [1.165, 1.54) is 26.1 Å². The molecule has 2 saturated heterocycles. The normalized spacial score (nSPS) is 21.6. The molecular formula is C48H68N10O7S. The SMILES string of the molecule is CCn1c(-c2cc(N3CCN(C)CC3)cnc2[C@H](C)OC)c2c3cc(ccc31)-c1csc(n1)C[C@H](NC(=O)[C@H](C(C)C)N(C)C(=O)N(C)C)C(=O)N1CCC[C@@](O)(N1)C(=O)OCC(C)(C)C2. The van der Waals surface area contributed by atoms with Crippen LogP contribution in [-0.4, -0.2) is 156 Å². The van der Waals surface area contributed by atoms with Crippen molar-refractivity contribution in [2.75, 3.05) is 79.5 Å². The summed E-state index contributed by atoms with van der Waals surface area (Å²) >= 11 is 1.38. The monoisotopic (exact) mass is 928 g/mol. The number of pyridine rings is 1. The van der Waals surface area contributed by atoms with Gasteiger partial charge in [-0.25, -0.2) is 14.6 Å². The number of fused-ring (bicyclic) bond motifs is 6. The Labute approximate surface area is 392 Å². The van der Waals surface area contributed by atoms with Gasteiger partial charge in [0.2, 0.25) is 11.6 Å². The van der Waals surface area contributed by atoms with Gasteiger partial charge in [0.05, 0.1) is 46.7 Å². The van der Waals surface area contributed by atoms with Crippen molar-refractivity contribution in [3.05, 3.63) is 52.1 Å². The van der Waals surface area contributed by atoms with Crippen molar-refractivity contribution in [2.45, 2.75) is 97.7 Å². The van der Waals surface area contributed by atoms with Crippen molar-refractivity contribution in [1.82, 2.24) is 45.0 Å². The lowest BCUT2D eigenvalue weighted by atomic mass is 9.84. The lowest BCUT2D eigenvalue weighted by molar-refractivity contribution is -0.189. The fraction of sp³-hybridized carbons (Fsp3) is 0.583. The summed E-state index contributed by atoms with van der Waals surface area (Å²) in [5.41, 5.74) is 7.45. The highest BCUT2D eigenvalue weighted by Crippen LogP contribution is 2.43. The number of nitrogens with one attached hydrogen (secondary N) is 2. The highest BCUT2D eigenvalue weighted by molar-refractivity contribution is 7.10. The summed E-state index contributed by atoms with van der Waals surface area (Å²) in [6.45, 7) is 16.4.